The molecule has 0 bridgehead atoms. The molecule has 0 rings (SSSR count). The number of phosphoric acid groups is 1. The van der Waals surface area contributed by atoms with E-state index >= 15 is 0 Å². The van der Waals surface area contributed by atoms with Gasteiger partial charge >= 0.3 is 26.7 Å². The second-order valence-electron chi connectivity index (χ2n) is 0.513. The third-order valence-electron chi connectivity index (χ3n) is 0. The minimum absolute atomic E-state index is 0. The first kappa shape index (κ1) is 22.6. The van der Waals surface area contributed by atoms with Crippen LogP contribution in [0.2, 0.25) is 0 Å². The molecule has 0 fully saturated rings. The van der Waals surface area contributed by atoms with Gasteiger partial charge in [0.1, 0.15) is 0 Å². The Morgan fingerprint density at radius 2 is 1.12 bits per heavy atom. The molecule has 8 heteroatoms. The monoisotopic (exact) mass is 223 g/mol. The van der Waals surface area contributed by atoms with Crippen LogP contribution in [0.5, 0.6) is 0 Å². The Balaban J connectivity index is -0.0000000267. The minimum Gasteiger partial charge on any atom is 0 e. The molecule has 0 aliphatic carbocycles. The van der Waals surface area contributed by atoms with E-state index in [9.17, 15) is 0 Å². The van der Waals surface area contributed by atoms with Gasteiger partial charge in [-0.05, 0) is 0 Å². The molecule has 0 saturated heterocycles. The molecule has 0 aliphatic rings. The predicted molar refractivity (Wildman–Crippen MR) is 21.4 cm³/mol. The molecule has 0 aromatic rings. The summed E-state index contributed by atoms with van der Waals surface area (Å²) in [5, 5.41) is 0. The van der Waals surface area contributed by atoms with Crippen LogP contribution in [0.1, 0.15) is 0 Å². The molecule has 0 aromatic heterocycles. The Labute approximate surface area is 79.0 Å². The third kappa shape index (κ3) is 119. The average Bonchev–Trinajstić information content (AvgIpc) is 0.722. The van der Waals surface area contributed by atoms with Gasteiger partial charge < -0.3 is 14.7 Å². The van der Waals surface area contributed by atoms with Crippen molar-refractivity contribution in [2.45, 2.75) is 0 Å². The first-order chi connectivity index (χ1) is 2.00. The first-order valence-electron chi connectivity index (χ1n) is 0.783. The van der Waals surface area contributed by atoms with Crippen LogP contribution >= 0.6 is 7.82 Å². The van der Waals surface area contributed by atoms with Crippen LogP contribution in [0.3, 0.4) is 0 Å². The Morgan fingerprint density at radius 3 is 1.12 bits per heavy atom. The number of rotatable bonds is 0. The maximum atomic E-state index is 8.88. The maximum Gasteiger partial charge on any atom is 0 e. The maximum absolute atomic E-state index is 8.88. The molecule has 0 aliphatic heterocycles. The molecule has 0 spiro atoms. The van der Waals surface area contributed by atoms with Gasteiger partial charge in [-0.1, -0.05) is 0 Å². The third-order valence-corrected chi connectivity index (χ3v) is 0. The predicted octanol–water partition coefficient (Wildman–Crippen LogP) is -1.58. The van der Waals surface area contributed by atoms with Crippen LogP contribution in [-0.2, 0) is 37.8 Å². The average molecular weight is 224 g/mol. The van der Waals surface area contributed by atoms with Gasteiger partial charge in [-0.25, -0.2) is 4.57 Å². The molecule has 53 valence electrons. The van der Waals surface area contributed by atoms with E-state index in [0.717, 1.165) is 0 Å². The van der Waals surface area contributed by atoms with Gasteiger partial charge in [-0.2, -0.15) is 0 Å². The molecule has 8 heavy (non-hydrogen) atoms. The second-order valence-corrected chi connectivity index (χ2v) is 1.54. The number of hydrogen-bond donors (Lipinski definition) is 3. The van der Waals surface area contributed by atoms with Crippen molar-refractivity contribution >= 4 is 26.7 Å². The van der Waals surface area contributed by atoms with Crippen LogP contribution in [0, 0.1) is 0 Å². The Hall–Kier alpha value is 1.71. The summed E-state index contributed by atoms with van der Waals surface area (Å²) < 4.78 is 8.88. The van der Waals surface area contributed by atoms with E-state index in [1.807, 2.05) is 0 Å². The SMILES string of the molecule is O=P(O)(O)O.[Co].[LiH].[Ni]. The summed E-state index contributed by atoms with van der Waals surface area (Å²) in [6.07, 6.45) is 0. The van der Waals surface area contributed by atoms with Gasteiger partial charge in [-0.3, -0.25) is 0 Å². The van der Waals surface area contributed by atoms with Crippen molar-refractivity contribution in [1.29, 1.82) is 0 Å². The first-order valence-corrected chi connectivity index (χ1v) is 2.35. The molecule has 4 nitrogen and oxygen atoms in total. The van der Waals surface area contributed by atoms with E-state index < -0.39 is 7.82 Å². The fourth-order valence-electron chi connectivity index (χ4n) is 0. The van der Waals surface area contributed by atoms with Crippen LogP contribution in [-0.4, -0.2) is 33.5 Å². The summed E-state index contributed by atoms with van der Waals surface area (Å²) in [7, 11) is -4.64. The summed E-state index contributed by atoms with van der Waals surface area (Å²) in [6.45, 7) is 0. The van der Waals surface area contributed by atoms with Gasteiger partial charge in [0.25, 0.3) is 0 Å². The molecule has 3 N–H and O–H groups in total. The van der Waals surface area contributed by atoms with E-state index in [0.29, 0.717) is 0 Å². The van der Waals surface area contributed by atoms with E-state index in [1.54, 1.807) is 0 Å². The molecule has 0 heterocycles. The Morgan fingerprint density at radius 1 is 1.12 bits per heavy atom. The summed E-state index contributed by atoms with van der Waals surface area (Å²) in [4.78, 5) is 21.6. The molecule has 0 aromatic carbocycles. The zero-order valence-electron chi connectivity index (χ0n) is 2.85. The Bertz CT molecular complexity index is 62.2. The fraction of sp³-hybridized carbons (Fsp3) is 0. The van der Waals surface area contributed by atoms with Crippen LogP contribution in [0.25, 0.3) is 0 Å². The van der Waals surface area contributed by atoms with Crippen LogP contribution in [0.4, 0.5) is 0 Å². The molecular formula is H4CoLiNiO4P. The van der Waals surface area contributed by atoms with Crippen molar-refractivity contribution in [3.8, 4) is 0 Å². The largest absolute Gasteiger partial charge is 0 e. The molecule has 0 amide bonds. The fourth-order valence-corrected chi connectivity index (χ4v) is 0. The van der Waals surface area contributed by atoms with E-state index in [-0.39, 0.29) is 52.1 Å². The van der Waals surface area contributed by atoms with Crippen molar-refractivity contribution in [3.05, 3.63) is 0 Å². The molecule has 0 atom stereocenters. The van der Waals surface area contributed by atoms with Crippen molar-refractivity contribution in [2.24, 2.45) is 0 Å². The normalized spacial score (nSPS) is 7.38. The molecule has 1 radical (unpaired) electrons. The van der Waals surface area contributed by atoms with Gasteiger partial charge in [0.15, 0.2) is 0 Å². The van der Waals surface area contributed by atoms with E-state index in [1.165, 1.54) is 0 Å². The zero-order chi connectivity index (χ0) is 4.50. The summed E-state index contributed by atoms with van der Waals surface area (Å²) in [5.41, 5.74) is 0. The second kappa shape index (κ2) is 8.71. The standard InChI is InChI=1S/Co.Li.Ni.H3O4P.H/c;;;1-5(2,3)4;/h;;;(H3,1,2,3,4);. The van der Waals surface area contributed by atoms with Crippen molar-refractivity contribution in [3.63, 3.8) is 0 Å². The topological polar surface area (TPSA) is 77.8 Å². The van der Waals surface area contributed by atoms with Gasteiger partial charge in [0.2, 0.25) is 0 Å². The summed E-state index contributed by atoms with van der Waals surface area (Å²) in [5.74, 6) is 0. The van der Waals surface area contributed by atoms with Gasteiger partial charge in [0.05, 0.1) is 0 Å². The van der Waals surface area contributed by atoms with E-state index in [2.05, 4.69) is 0 Å². The molecule has 0 saturated carbocycles. The van der Waals surface area contributed by atoms with Crippen molar-refractivity contribution in [1.82, 2.24) is 0 Å². The van der Waals surface area contributed by atoms with Crippen molar-refractivity contribution in [2.75, 3.05) is 0 Å². The van der Waals surface area contributed by atoms with Crippen LogP contribution in [0.15, 0.2) is 0 Å². The molecule has 0 unspecified atom stereocenters. The smallest absolute Gasteiger partial charge is 0 e. The zero-order valence-corrected chi connectivity index (χ0v) is 5.77. The van der Waals surface area contributed by atoms with Gasteiger partial charge in [-0.15, -0.1) is 0 Å². The van der Waals surface area contributed by atoms with Crippen LogP contribution < -0.4 is 0 Å². The summed E-state index contributed by atoms with van der Waals surface area (Å²) >= 11 is 0. The summed E-state index contributed by atoms with van der Waals surface area (Å²) in [6, 6.07) is 0. The van der Waals surface area contributed by atoms with Gasteiger partial charge in [0, 0.05) is 33.3 Å². The number of hydrogen-bond acceptors (Lipinski definition) is 1. The molecular weight excluding hydrogens is 220 g/mol. The van der Waals surface area contributed by atoms with E-state index in [4.69, 9.17) is 19.2 Å². The van der Waals surface area contributed by atoms with Crippen molar-refractivity contribution < 1.29 is 52.5 Å². The Kier molecular flexibility index (Phi) is 24.6. The quantitative estimate of drug-likeness (QED) is 0.342. The minimum atomic E-state index is -4.64.